The van der Waals surface area contributed by atoms with Gasteiger partial charge in [0.2, 0.25) is 5.91 Å². The highest BCUT2D eigenvalue weighted by atomic mass is 32.2. The van der Waals surface area contributed by atoms with Crippen LogP contribution < -0.4 is 5.32 Å². The molecule has 8 nitrogen and oxygen atoms in total. The van der Waals surface area contributed by atoms with Crippen molar-refractivity contribution < 1.29 is 29.3 Å². The quantitative estimate of drug-likeness (QED) is 0.528. The lowest BCUT2D eigenvalue weighted by Gasteiger charge is -2.27. The number of hydrogen-bond donors (Lipinski definition) is 3. The number of hydrogen-bond acceptors (Lipinski definition) is 6. The Morgan fingerprint density at radius 2 is 1.74 bits per heavy atom. The summed E-state index contributed by atoms with van der Waals surface area (Å²) >= 11 is 1.51. The lowest BCUT2D eigenvalue weighted by Crippen LogP contribution is -2.52. The number of aliphatic carboxylic acids is 1. The van der Waals surface area contributed by atoms with E-state index >= 15 is 0 Å². The summed E-state index contributed by atoms with van der Waals surface area (Å²) < 4.78 is 5.57. The number of fused-ring (bicyclic) bond motifs is 3. The number of nitrogens with zero attached hydrogens (tertiary/aromatic N) is 1. The van der Waals surface area contributed by atoms with Crippen LogP contribution in [0.1, 0.15) is 29.9 Å². The third kappa shape index (κ3) is 4.90. The summed E-state index contributed by atoms with van der Waals surface area (Å²) in [6.45, 7) is 0.0431. The average Bonchev–Trinajstić information content (AvgIpc) is 3.38. The predicted octanol–water partition coefficient (Wildman–Crippen LogP) is 2.69. The minimum Gasteiger partial charge on any atom is -0.480 e. The van der Waals surface area contributed by atoms with Crippen LogP contribution in [0.4, 0.5) is 4.79 Å². The molecule has 1 saturated heterocycles. The first kappa shape index (κ1) is 24.1. The number of amides is 2. The standard InChI is InChI=1S/C25H28N2O6S/c1-34-11-10-21(23(29)27-13-15(28)12-22(27)24(30)31)26-25(32)33-14-20-18-8-4-2-6-16(18)17-7-3-5-9-19(17)20/h2-9,15,20-22,28H,10-14H2,1H3,(H,26,32)(H,30,31)/t15-,21+,22+/m1/s1. The SMILES string of the molecule is CSCC[C@H](NC(=O)OCC1c2ccccc2-c2ccccc21)C(=O)N1C[C@H](O)C[C@H]1C(=O)O. The fraction of sp³-hybridized carbons (Fsp3) is 0.400. The van der Waals surface area contributed by atoms with Crippen molar-refractivity contribution in [2.24, 2.45) is 0 Å². The van der Waals surface area contributed by atoms with Gasteiger partial charge in [-0.1, -0.05) is 48.5 Å². The van der Waals surface area contributed by atoms with E-state index in [1.54, 1.807) is 0 Å². The van der Waals surface area contributed by atoms with E-state index in [9.17, 15) is 24.6 Å². The van der Waals surface area contributed by atoms with Gasteiger partial charge in [0.05, 0.1) is 6.10 Å². The number of carbonyl (C=O) groups excluding carboxylic acids is 2. The summed E-state index contributed by atoms with van der Waals surface area (Å²) in [5.41, 5.74) is 4.41. The number of ether oxygens (including phenoxy) is 1. The Morgan fingerprint density at radius 3 is 2.32 bits per heavy atom. The van der Waals surface area contributed by atoms with E-state index in [1.807, 2.05) is 42.7 Å². The molecule has 34 heavy (non-hydrogen) atoms. The Kier molecular flexibility index (Phi) is 7.43. The Morgan fingerprint density at radius 1 is 1.12 bits per heavy atom. The number of nitrogens with one attached hydrogen (secondary N) is 1. The lowest BCUT2D eigenvalue weighted by atomic mass is 9.98. The number of β-amino-alcohol motifs (C(OH)–C–C–N with tert-alkyl or cyclic N) is 1. The number of rotatable bonds is 8. The van der Waals surface area contributed by atoms with Gasteiger partial charge < -0.3 is 25.2 Å². The van der Waals surface area contributed by atoms with Crippen molar-refractivity contribution in [3.05, 3.63) is 59.7 Å². The zero-order valence-corrected chi connectivity index (χ0v) is 19.7. The zero-order chi connectivity index (χ0) is 24.2. The molecule has 9 heteroatoms. The fourth-order valence-corrected chi connectivity index (χ4v) is 5.24. The number of carboxylic acid groups (broad SMARTS) is 1. The van der Waals surface area contributed by atoms with Crippen molar-refractivity contribution in [1.82, 2.24) is 10.2 Å². The van der Waals surface area contributed by atoms with Crippen LogP contribution in [0.2, 0.25) is 0 Å². The predicted molar refractivity (Wildman–Crippen MR) is 129 cm³/mol. The lowest BCUT2D eigenvalue weighted by molar-refractivity contribution is -0.149. The van der Waals surface area contributed by atoms with Crippen LogP contribution in [0.25, 0.3) is 11.1 Å². The second-order valence-electron chi connectivity index (χ2n) is 8.54. The Hall–Kier alpha value is -3.04. The highest BCUT2D eigenvalue weighted by molar-refractivity contribution is 7.98. The highest BCUT2D eigenvalue weighted by Crippen LogP contribution is 2.44. The molecule has 2 aliphatic rings. The molecule has 4 rings (SSSR count). The van der Waals surface area contributed by atoms with Gasteiger partial charge in [0, 0.05) is 18.9 Å². The van der Waals surface area contributed by atoms with Crippen LogP contribution in [0, 0.1) is 0 Å². The summed E-state index contributed by atoms with van der Waals surface area (Å²) in [5, 5.41) is 22.0. The van der Waals surface area contributed by atoms with Gasteiger partial charge in [-0.2, -0.15) is 11.8 Å². The van der Waals surface area contributed by atoms with Crippen molar-refractivity contribution in [2.45, 2.75) is 36.9 Å². The van der Waals surface area contributed by atoms with Gasteiger partial charge in [-0.25, -0.2) is 9.59 Å². The van der Waals surface area contributed by atoms with Crippen LogP contribution in [-0.2, 0) is 14.3 Å². The minimum atomic E-state index is -1.17. The maximum absolute atomic E-state index is 13.1. The van der Waals surface area contributed by atoms with Crippen LogP contribution in [-0.4, -0.2) is 76.4 Å². The van der Waals surface area contributed by atoms with Crippen LogP contribution in [0.5, 0.6) is 0 Å². The van der Waals surface area contributed by atoms with Gasteiger partial charge in [-0.3, -0.25) is 4.79 Å². The molecule has 0 aromatic heterocycles. The number of carboxylic acids is 1. The van der Waals surface area contributed by atoms with Gasteiger partial charge >= 0.3 is 12.1 Å². The van der Waals surface area contributed by atoms with Crippen LogP contribution in [0.3, 0.4) is 0 Å². The molecule has 1 aliphatic carbocycles. The first-order chi connectivity index (χ1) is 16.4. The molecule has 2 aromatic rings. The Balaban J connectivity index is 1.44. The van der Waals surface area contributed by atoms with Crippen LogP contribution >= 0.6 is 11.8 Å². The molecule has 0 saturated carbocycles. The summed E-state index contributed by atoms with van der Waals surface area (Å²) in [4.78, 5) is 38.5. The number of thioether (sulfide) groups is 1. The molecule has 0 spiro atoms. The molecule has 2 amide bonds. The molecule has 180 valence electrons. The molecular formula is C25H28N2O6S. The number of aliphatic hydroxyl groups is 1. The maximum Gasteiger partial charge on any atom is 0.407 e. The molecule has 3 atom stereocenters. The number of likely N-dealkylation sites (tertiary alicyclic amines) is 1. The molecule has 1 heterocycles. The summed E-state index contributed by atoms with van der Waals surface area (Å²) in [6, 6.07) is 14.0. The number of aliphatic hydroxyl groups excluding tert-OH is 1. The van der Waals surface area contributed by atoms with Gasteiger partial charge in [-0.05, 0) is 40.7 Å². The second kappa shape index (κ2) is 10.5. The summed E-state index contributed by atoms with van der Waals surface area (Å²) in [6.07, 6.45) is 0.549. The van der Waals surface area contributed by atoms with Crippen molar-refractivity contribution >= 4 is 29.7 Å². The summed E-state index contributed by atoms with van der Waals surface area (Å²) in [5.74, 6) is -1.21. The van der Waals surface area contributed by atoms with Crippen molar-refractivity contribution in [3.63, 3.8) is 0 Å². The van der Waals surface area contributed by atoms with E-state index in [0.717, 1.165) is 27.2 Å². The van der Waals surface area contributed by atoms with Gasteiger partial charge in [0.25, 0.3) is 0 Å². The first-order valence-electron chi connectivity index (χ1n) is 11.2. The third-order valence-electron chi connectivity index (χ3n) is 6.39. The normalized spacial score (nSPS) is 19.9. The van der Waals surface area contributed by atoms with Gasteiger partial charge in [0.15, 0.2) is 0 Å². The van der Waals surface area contributed by atoms with Crippen molar-refractivity contribution in [3.8, 4) is 11.1 Å². The average molecular weight is 485 g/mol. The minimum absolute atomic E-state index is 0.0265. The highest BCUT2D eigenvalue weighted by Gasteiger charge is 2.41. The van der Waals surface area contributed by atoms with E-state index in [4.69, 9.17) is 4.74 Å². The van der Waals surface area contributed by atoms with Gasteiger partial charge in [0.1, 0.15) is 18.7 Å². The molecular weight excluding hydrogens is 456 g/mol. The van der Waals surface area contributed by atoms with E-state index < -0.39 is 36.2 Å². The fourth-order valence-electron chi connectivity index (χ4n) is 4.77. The Bertz CT molecular complexity index is 1030. The molecule has 1 aliphatic heterocycles. The van der Waals surface area contributed by atoms with Crippen molar-refractivity contribution in [1.29, 1.82) is 0 Å². The maximum atomic E-state index is 13.1. The van der Waals surface area contributed by atoms with Crippen LogP contribution in [0.15, 0.2) is 48.5 Å². The third-order valence-corrected chi connectivity index (χ3v) is 7.04. The zero-order valence-electron chi connectivity index (χ0n) is 18.8. The van der Waals surface area contributed by atoms with E-state index in [2.05, 4.69) is 17.4 Å². The number of alkyl carbamates (subject to hydrolysis) is 1. The largest absolute Gasteiger partial charge is 0.480 e. The molecule has 3 N–H and O–H groups in total. The molecule has 1 fully saturated rings. The second-order valence-corrected chi connectivity index (χ2v) is 9.52. The smallest absolute Gasteiger partial charge is 0.407 e. The monoisotopic (exact) mass is 484 g/mol. The molecule has 0 unspecified atom stereocenters. The Labute approximate surface area is 202 Å². The van der Waals surface area contributed by atoms with Gasteiger partial charge in [-0.15, -0.1) is 0 Å². The number of carbonyl (C=O) groups is 3. The first-order valence-corrected chi connectivity index (χ1v) is 12.6. The molecule has 2 aromatic carbocycles. The van der Waals surface area contributed by atoms with E-state index in [0.29, 0.717) is 12.2 Å². The van der Waals surface area contributed by atoms with Crippen molar-refractivity contribution in [2.75, 3.05) is 25.2 Å². The summed E-state index contributed by atoms with van der Waals surface area (Å²) in [7, 11) is 0. The number of benzene rings is 2. The van der Waals surface area contributed by atoms with E-state index in [-0.39, 0.29) is 25.5 Å². The van der Waals surface area contributed by atoms with E-state index in [1.165, 1.54) is 11.8 Å². The topological polar surface area (TPSA) is 116 Å². The molecule has 0 bridgehead atoms. The molecule has 0 radical (unpaired) electrons.